The fourth-order valence-electron chi connectivity index (χ4n) is 4.14. The van der Waals surface area contributed by atoms with E-state index in [1.54, 1.807) is 18.1 Å². The fraction of sp³-hybridized carbons (Fsp3) is 0.160. The Hall–Kier alpha value is -3.37. The second-order valence-corrected chi connectivity index (χ2v) is 7.14. The lowest BCUT2D eigenvalue weighted by Crippen LogP contribution is -2.71. The molecule has 1 saturated heterocycles. The van der Waals surface area contributed by atoms with Crippen LogP contribution in [0.25, 0.3) is 0 Å². The van der Waals surface area contributed by atoms with Crippen LogP contribution in [0.2, 0.25) is 0 Å². The molecular formula is C25H23NO3. The first kappa shape index (κ1) is 19.0. The molecule has 0 spiro atoms. The van der Waals surface area contributed by atoms with Gasteiger partial charge in [0.25, 0.3) is 5.91 Å². The van der Waals surface area contributed by atoms with Gasteiger partial charge in [0.2, 0.25) is 0 Å². The van der Waals surface area contributed by atoms with Crippen molar-refractivity contribution in [2.45, 2.75) is 17.6 Å². The summed E-state index contributed by atoms with van der Waals surface area (Å²) in [4.78, 5) is 15.0. The molecule has 0 bridgehead atoms. The SMILES string of the molecule is C=C[C@H](c1ccccc1)[C@]1(O)C(=O)N(c2ccc(OC)cc2)[C@H]1c1ccccc1. The minimum absolute atomic E-state index is 0.342. The van der Waals surface area contributed by atoms with Gasteiger partial charge in [-0.15, -0.1) is 6.58 Å². The highest BCUT2D eigenvalue weighted by atomic mass is 16.5. The summed E-state index contributed by atoms with van der Waals surface area (Å²) in [6.45, 7) is 3.92. The average Bonchev–Trinajstić information content (AvgIpc) is 2.78. The number of anilines is 1. The largest absolute Gasteiger partial charge is 0.497 e. The molecule has 4 rings (SSSR count). The lowest BCUT2D eigenvalue weighted by atomic mass is 9.67. The summed E-state index contributed by atoms with van der Waals surface area (Å²) >= 11 is 0. The Kier molecular flexibility index (Phi) is 4.95. The Balaban J connectivity index is 1.81. The van der Waals surface area contributed by atoms with Crippen molar-refractivity contribution in [1.29, 1.82) is 0 Å². The minimum Gasteiger partial charge on any atom is -0.497 e. The van der Waals surface area contributed by atoms with E-state index in [0.29, 0.717) is 11.4 Å². The third kappa shape index (κ3) is 3.02. The molecule has 4 heteroatoms. The average molecular weight is 385 g/mol. The number of benzene rings is 3. The Labute approximate surface area is 170 Å². The van der Waals surface area contributed by atoms with E-state index in [1.165, 1.54) is 0 Å². The zero-order valence-corrected chi connectivity index (χ0v) is 16.2. The van der Waals surface area contributed by atoms with Crippen LogP contribution in [0.1, 0.15) is 23.1 Å². The normalized spacial score (nSPS) is 21.9. The van der Waals surface area contributed by atoms with Crippen LogP contribution in [-0.4, -0.2) is 23.7 Å². The van der Waals surface area contributed by atoms with Crippen LogP contribution >= 0.6 is 0 Å². The fourth-order valence-corrected chi connectivity index (χ4v) is 4.14. The predicted octanol–water partition coefficient (Wildman–Crippen LogP) is 4.48. The Bertz CT molecular complexity index is 1000. The number of hydrogen-bond acceptors (Lipinski definition) is 3. The summed E-state index contributed by atoms with van der Waals surface area (Å²) in [5.74, 6) is -0.164. The molecule has 0 unspecified atom stereocenters. The minimum atomic E-state index is -1.62. The molecule has 0 saturated carbocycles. The Morgan fingerprint density at radius 3 is 2.14 bits per heavy atom. The van der Waals surface area contributed by atoms with Crippen LogP contribution < -0.4 is 9.64 Å². The number of aliphatic hydroxyl groups is 1. The lowest BCUT2D eigenvalue weighted by molar-refractivity contribution is -0.156. The van der Waals surface area contributed by atoms with Crippen LogP contribution in [-0.2, 0) is 4.79 Å². The van der Waals surface area contributed by atoms with Gasteiger partial charge in [-0.1, -0.05) is 66.7 Å². The highest BCUT2D eigenvalue weighted by molar-refractivity contribution is 6.09. The van der Waals surface area contributed by atoms with E-state index >= 15 is 0 Å². The summed E-state index contributed by atoms with van der Waals surface area (Å²) in [6, 6.07) is 25.9. The number of amides is 1. The van der Waals surface area contributed by atoms with Gasteiger partial charge in [0.15, 0.2) is 5.60 Å². The summed E-state index contributed by atoms with van der Waals surface area (Å²) in [5.41, 5.74) is 0.816. The van der Waals surface area contributed by atoms with Crippen LogP contribution in [0, 0.1) is 0 Å². The van der Waals surface area contributed by atoms with Crippen molar-refractivity contribution in [3.8, 4) is 5.75 Å². The van der Waals surface area contributed by atoms with Crippen molar-refractivity contribution in [2.24, 2.45) is 0 Å². The van der Waals surface area contributed by atoms with Crippen molar-refractivity contribution in [2.75, 3.05) is 12.0 Å². The van der Waals surface area contributed by atoms with E-state index in [1.807, 2.05) is 84.9 Å². The van der Waals surface area contributed by atoms with E-state index < -0.39 is 17.6 Å². The number of methoxy groups -OCH3 is 1. The maximum absolute atomic E-state index is 13.4. The van der Waals surface area contributed by atoms with E-state index in [9.17, 15) is 9.90 Å². The molecule has 0 aromatic heterocycles. The molecule has 3 aromatic carbocycles. The van der Waals surface area contributed by atoms with Gasteiger partial charge in [0.05, 0.1) is 7.11 Å². The molecule has 1 N–H and O–H groups in total. The molecule has 1 amide bonds. The number of carbonyl (C=O) groups excluding carboxylic acids is 1. The quantitative estimate of drug-likeness (QED) is 0.503. The number of carbonyl (C=O) groups is 1. The molecule has 29 heavy (non-hydrogen) atoms. The van der Waals surface area contributed by atoms with Crippen molar-refractivity contribution in [1.82, 2.24) is 0 Å². The number of ether oxygens (including phenoxy) is 1. The van der Waals surface area contributed by atoms with Crippen molar-refractivity contribution >= 4 is 11.6 Å². The second kappa shape index (κ2) is 7.57. The third-order valence-corrected chi connectivity index (χ3v) is 5.57. The summed E-state index contributed by atoms with van der Waals surface area (Å²) in [7, 11) is 1.60. The number of rotatable bonds is 6. The van der Waals surface area contributed by atoms with Crippen LogP contribution in [0.5, 0.6) is 5.75 Å². The molecular weight excluding hydrogens is 362 g/mol. The lowest BCUT2D eigenvalue weighted by Gasteiger charge is -2.55. The molecule has 1 heterocycles. The highest BCUT2D eigenvalue weighted by Crippen LogP contribution is 2.53. The molecule has 3 atom stereocenters. The topological polar surface area (TPSA) is 49.8 Å². The van der Waals surface area contributed by atoms with Crippen molar-refractivity contribution in [3.63, 3.8) is 0 Å². The second-order valence-electron chi connectivity index (χ2n) is 7.14. The third-order valence-electron chi connectivity index (χ3n) is 5.57. The molecule has 4 nitrogen and oxygen atoms in total. The van der Waals surface area contributed by atoms with Gasteiger partial charge in [-0.3, -0.25) is 9.69 Å². The van der Waals surface area contributed by atoms with Gasteiger partial charge >= 0.3 is 0 Å². The van der Waals surface area contributed by atoms with Gasteiger partial charge < -0.3 is 9.84 Å². The molecule has 1 aliphatic heterocycles. The molecule has 1 aliphatic rings. The van der Waals surface area contributed by atoms with Crippen molar-refractivity contribution < 1.29 is 14.6 Å². The van der Waals surface area contributed by atoms with E-state index in [4.69, 9.17) is 4.74 Å². The molecule has 3 aromatic rings. The maximum Gasteiger partial charge on any atom is 0.263 e. The zero-order valence-electron chi connectivity index (χ0n) is 16.2. The molecule has 0 radical (unpaired) electrons. The van der Waals surface area contributed by atoms with Crippen LogP contribution in [0.4, 0.5) is 5.69 Å². The summed E-state index contributed by atoms with van der Waals surface area (Å²) in [6.07, 6.45) is 1.66. The summed E-state index contributed by atoms with van der Waals surface area (Å²) < 4.78 is 5.23. The van der Waals surface area contributed by atoms with Gasteiger partial charge in [0, 0.05) is 11.6 Å². The number of hydrogen-bond donors (Lipinski definition) is 1. The molecule has 1 fully saturated rings. The smallest absolute Gasteiger partial charge is 0.263 e. The van der Waals surface area contributed by atoms with Gasteiger partial charge in [-0.2, -0.15) is 0 Å². The van der Waals surface area contributed by atoms with Gasteiger partial charge in [0.1, 0.15) is 11.8 Å². The van der Waals surface area contributed by atoms with E-state index in [2.05, 4.69) is 6.58 Å². The van der Waals surface area contributed by atoms with Gasteiger partial charge in [-0.25, -0.2) is 0 Å². The number of β-lactam (4-membered cyclic amide) rings is 1. The van der Waals surface area contributed by atoms with Crippen molar-refractivity contribution in [3.05, 3.63) is 109 Å². The van der Waals surface area contributed by atoms with E-state index in [0.717, 1.165) is 11.1 Å². The predicted molar refractivity (Wildman–Crippen MR) is 114 cm³/mol. The van der Waals surface area contributed by atoms with Crippen LogP contribution in [0.3, 0.4) is 0 Å². The van der Waals surface area contributed by atoms with Crippen LogP contribution in [0.15, 0.2) is 97.6 Å². The first-order valence-corrected chi connectivity index (χ1v) is 9.53. The number of nitrogens with zero attached hydrogens (tertiary/aromatic N) is 1. The zero-order chi connectivity index (χ0) is 20.4. The molecule has 146 valence electrons. The standard InChI is InChI=1S/C25H23NO3/c1-3-22(18-10-6-4-7-11-18)25(28)23(19-12-8-5-9-13-19)26(24(25)27)20-14-16-21(29-2)17-15-20/h3-17,22-23,28H,1H2,2H3/t22-,23+,25-/m1/s1. The Morgan fingerprint density at radius 1 is 1.00 bits per heavy atom. The summed E-state index contributed by atoms with van der Waals surface area (Å²) in [5, 5.41) is 11.8. The first-order valence-electron chi connectivity index (χ1n) is 9.53. The molecule has 0 aliphatic carbocycles. The highest BCUT2D eigenvalue weighted by Gasteiger charge is 2.64. The Morgan fingerprint density at radius 2 is 1.59 bits per heavy atom. The monoisotopic (exact) mass is 385 g/mol. The van der Waals surface area contributed by atoms with Gasteiger partial charge in [-0.05, 0) is 35.4 Å². The van der Waals surface area contributed by atoms with E-state index in [-0.39, 0.29) is 5.91 Å². The first-order chi connectivity index (χ1) is 14.1. The maximum atomic E-state index is 13.4.